The zero-order valence-electron chi connectivity index (χ0n) is 17.7. The Morgan fingerprint density at radius 1 is 0.933 bits per heavy atom. The Bertz CT molecular complexity index is 1000. The lowest BCUT2D eigenvalue weighted by molar-refractivity contribution is -0.137. The van der Waals surface area contributed by atoms with Crippen molar-refractivity contribution in [3.05, 3.63) is 51.7 Å². The highest BCUT2D eigenvalue weighted by Gasteiger charge is 2.33. The van der Waals surface area contributed by atoms with Crippen molar-refractivity contribution in [3.63, 3.8) is 0 Å². The number of alkyl halides is 3. The van der Waals surface area contributed by atoms with E-state index in [0.29, 0.717) is 23.4 Å². The molecule has 166 valence electrons. The van der Waals surface area contributed by atoms with E-state index in [1.54, 1.807) is 0 Å². The number of hydrogen-bond acceptors (Lipinski definition) is 3. The molecule has 0 aliphatic rings. The van der Waals surface area contributed by atoms with E-state index in [2.05, 4.69) is 9.71 Å². The topological polar surface area (TPSA) is 59.1 Å². The van der Waals surface area contributed by atoms with E-state index in [1.807, 2.05) is 53.7 Å². The van der Waals surface area contributed by atoms with Crippen LogP contribution in [0, 0.1) is 0 Å². The van der Waals surface area contributed by atoms with Crippen molar-refractivity contribution in [3.8, 4) is 0 Å². The molecule has 4 nitrogen and oxygen atoms in total. The van der Waals surface area contributed by atoms with E-state index in [1.165, 1.54) is 0 Å². The van der Waals surface area contributed by atoms with E-state index in [0.717, 1.165) is 5.56 Å². The number of rotatable bonds is 6. The average molecular weight is 463 g/mol. The van der Waals surface area contributed by atoms with Gasteiger partial charge in [0.25, 0.3) is 10.0 Å². The molecule has 0 fully saturated rings. The van der Waals surface area contributed by atoms with Gasteiger partial charge in [0.05, 0.1) is 15.5 Å². The second-order valence-electron chi connectivity index (χ2n) is 8.15. The predicted octanol–water partition coefficient (Wildman–Crippen LogP) is 6.92. The van der Waals surface area contributed by atoms with E-state index in [4.69, 9.17) is 11.6 Å². The molecule has 0 unspecified atom stereocenters. The average Bonchev–Trinajstić information content (AvgIpc) is 2.60. The maximum Gasteiger partial charge on any atom is 0.417 e. The van der Waals surface area contributed by atoms with Gasteiger partial charge in [-0.15, -0.1) is 0 Å². The lowest BCUT2D eigenvalue weighted by Gasteiger charge is -2.23. The van der Waals surface area contributed by atoms with E-state index in [9.17, 15) is 21.6 Å². The van der Waals surface area contributed by atoms with Gasteiger partial charge in [0, 0.05) is 6.20 Å². The molecule has 0 saturated heterocycles. The Hall–Kier alpha value is -1.80. The monoisotopic (exact) mass is 462 g/mol. The maximum atomic E-state index is 13.3. The van der Waals surface area contributed by atoms with Crippen LogP contribution in [0.4, 0.5) is 19.0 Å². The molecule has 9 heteroatoms. The predicted molar refractivity (Wildman–Crippen MR) is 114 cm³/mol. The van der Waals surface area contributed by atoms with Crippen LogP contribution in [0.1, 0.15) is 81.5 Å². The summed E-state index contributed by atoms with van der Waals surface area (Å²) in [5, 5.41) is -0.426. The number of pyridine rings is 1. The number of benzene rings is 1. The summed E-state index contributed by atoms with van der Waals surface area (Å²) >= 11 is 5.91. The quantitative estimate of drug-likeness (QED) is 0.506. The molecule has 0 spiro atoms. The van der Waals surface area contributed by atoms with Crippen LogP contribution in [-0.4, -0.2) is 13.4 Å². The fourth-order valence-corrected chi connectivity index (χ4v) is 5.04. The van der Waals surface area contributed by atoms with E-state index in [-0.39, 0.29) is 28.5 Å². The van der Waals surface area contributed by atoms with Gasteiger partial charge in [0.2, 0.25) is 0 Å². The molecular formula is C21H26ClF3N2O2S. The second kappa shape index (κ2) is 8.75. The van der Waals surface area contributed by atoms with Crippen molar-refractivity contribution in [2.75, 3.05) is 4.72 Å². The van der Waals surface area contributed by atoms with Crippen LogP contribution in [-0.2, 0) is 16.2 Å². The van der Waals surface area contributed by atoms with Crippen molar-refractivity contribution in [2.45, 2.75) is 70.4 Å². The van der Waals surface area contributed by atoms with Crippen LogP contribution in [0.3, 0.4) is 0 Å². The molecule has 0 bridgehead atoms. The molecule has 2 rings (SSSR count). The normalized spacial score (nSPS) is 12.8. The smallest absolute Gasteiger partial charge is 0.262 e. The van der Waals surface area contributed by atoms with Crippen LogP contribution in [0.25, 0.3) is 0 Å². The Balaban J connectivity index is 2.65. The van der Waals surface area contributed by atoms with Gasteiger partial charge >= 0.3 is 6.18 Å². The van der Waals surface area contributed by atoms with Gasteiger partial charge in [0.15, 0.2) is 5.82 Å². The van der Waals surface area contributed by atoms with Gasteiger partial charge in [-0.2, -0.15) is 13.2 Å². The molecule has 1 N–H and O–H groups in total. The fourth-order valence-electron chi connectivity index (χ4n) is 3.05. The Labute approximate surface area is 180 Å². The minimum absolute atomic E-state index is 0.0937. The first kappa shape index (κ1) is 24.5. The van der Waals surface area contributed by atoms with Gasteiger partial charge in [-0.3, -0.25) is 4.72 Å². The molecule has 0 aliphatic heterocycles. The third kappa shape index (κ3) is 5.27. The lowest BCUT2D eigenvalue weighted by atomic mass is 9.89. The molecule has 1 heterocycles. The van der Waals surface area contributed by atoms with Gasteiger partial charge in [-0.25, -0.2) is 13.4 Å². The first-order valence-corrected chi connectivity index (χ1v) is 11.4. The van der Waals surface area contributed by atoms with Crippen LogP contribution in [0.2, 0.25) is 5.02 Å². The Kier molecular flexibility index (Phi) is 7.13. The highest BCUT2D eigenvalue weighted by molar-refractivity contribution is 7.92. The number of sulfonamides is 1. The third-order valence-corrected chi connectivity index (χ3v) is 6.51. The molecule has 0 radical (unpaired) electrons. The maximum absolute atomic E-state index is 13.3. The zero-order valence-corrected chi connectivity index (χ0v) is 19.3. The largest absolute Gasteiger partial charge is 0.417 e. The minimum Gasteiger partial charge on any atom is -0.262 e. The Morgan fingerprint density at radius 2 is 1.43 bits per heavy atom. The van der Waals surface area contributed by atoms with Crippen LogP contribution < -0.4 is 4.72 Å². The standard InChI is InChI=1S/C21H26ClF3N2O2S/c1-11(2)14-7-16(12(3)4)19(17(8-14)13(5)6)30(28,29)27-20-18(22)9-15(10-26-20)21(23,24)25/h7-13H,1-6H3,(H,26,27). The van der Waals surface area contributed by atoms with Crippen LogP contribution in [0.15, 0.2) is 29.3 Å². The third-order valence-electron chi connectivity index (χ3n) is 4.75. The summed E-state index contributed by atoms with van der Waals surface area (Å²) in [6.45, 7) is 11.6. The molecule has 1 aromatic heterocycles. The number of nitrogens with zero attached hydrogens (tertiary/aromatic N) is 1. The minimum atomic E-state index is -4.63. The number of halogens is 4. The summed E-state index contributed by atoms with van der Waals surface area (Å²) in [6, 6.07) is 4.40. The second-order valence-corrected chi connectivity index (χ2v) is 10.2. The summed E-state index contributed by atoms with van der Waals surface area (Å²) in [5.41, 5.74) is 1.25. The van der Waals surface area contributed by atoms with Crippen molar-refractivity contribution in [1.82, 2.24) is 4.98 Å². The van der Waals surface area contributed by atoms with Crippen molar-refractivity contribution in [1.29, 1.82) is 0 Å². The zero-order chi connectivity index (χ0) is 23.0. The number of hydrogen-bond donors (Lipinski definition) is 1. The molecule has 0 amide bonds. The van der Waals surface area contributed by atoms with Crippen molar-refractivity contribution >= 4 is 27.4 Å². The summed E-state index contributed by atoms with van der Waals surface area (Å²) in [6.07, 6.45) is -4.07. The van der Waals surface area contributed by atoms with Gasteiger partial charge in [-0.1, -0.05) is 65.3 Å². The molecule has 0 saturated carbocycles. The molecule has 1 aromatic carbocycles. The number of aromatic nitrogens is 1. The van der Waals surface area contributed by atoms with E-state index >= 15 is 0 Å². The SMILES string of the molecule is CC(C)c1cc(C(C)C)c(S(=O)(=O)Nc2ncc(C(F)(F)F)cc2Cl)c(C(C)C)c1. The molecular weight excluding hydrogens is 437 g/mol. The number of anilines is 1. The first-order valence-electron chi connectivity index (χ1n) is 9.58. The van der Waals surface area contributed by atoms with Crippen molar-refractivity contribution < 1.29 is 21.6 Å². The highest BCUT2D eigenvalue weighted by atomic mass is 35.5. The highest BCUT2D eigenvalue weighted by Crippen LogP contribution is 2.37. The molecule has 30 heavy (non-hydrogen) atoms. The summed E-state index contributed by atoms with van der Waals surface area (Å²) < 4.78 is 67.5. The van der Waals surface area contributed by atoms with Crippen LogP contribution in [0.5, 0.6) is 0 Å². The van der Waals surface area contributed by atoms with Gasteiger partial charge < -0.3 is 0 Å². The van der Waals surface area contributed by atoms with Crippen molar-refractivity contribution in [2.24, 2.45) is 0 Å². The van der Waals surface area contributed by atoms with Crippen LogP contribution >= 0.6 is 11.6 Å². The molecule has 0 aliphatic carbocycles. The molecule has 0 atom stereocenters. The molecule has 2 aromatic rings. The summed E-state index contributed by atoms with van der Waals surface area (Å²) in [5.74, 6) is -0.328. The fraction of sp³-hybridized carbons (Fsp3) is 0.476. The van der Waals surface area contributed by atoms with E-state index < -0.39 is 26.8 Å². The summed E-state index contributed by atoms with van der Waals surface area (Å²) in [4.78, 5) is 3.73. The Morgan fingerprint density at radius 3 is 1.80 bits per heavy atom. The number of nitrogens with one attached hydrogen (secondary N) is 1. The van der Waals surface area contributed by atoms with Gasteiger partial charge in [0.1, 0.15) is 0 Å². The lowest BCUT2D eigenvalue weighted by Crippen LogP contribution is -2.20. The first-order chi connectivity index (χ1) is 13.6. The van der Waals surface area contributed by atoms with Gasteiger partial charge in [-0.05, 0) is 40.5 Å². The summed E-state index contributed by atoms with van der Waals surface area (Å²) in [7, 11) is -4.16.